The number of hydrogen-bond acceptors (Lipinski definition) is 3. The van der Waals surface area contributed by atoms with Crippen LogP contribution >= 0.6 is 0 Å². The van der Waals surface area contributed by atoms with E-state index >= 15 is 0 Å². The number of nitrogens with one attached hydrogen (secondary N) is 1. The predicted molar refractivity (Wildman–Crippen MR) is 113 cm³/mol. The van der Waals surface area contributed by atoms with Crippen molar-refractivity contribution in [2.24, 2.45) is 0 Å². The van der Waals surface area contributed by atoms with Crippen molar-refractivity contribution in [1.82, 2.24) is 4.72 Å². The third kappa shape index (κ3) is 3.88. The van der Waals surface area contributed by atoms with Gasteiger partial charge >= 0.3 is 0 Å². The lowest BCUT2D eigenvalue weighted by Gasteiger charge is -2.42. The molecule has 152 valence electrons. The number of hydrogen-bond donors (Lipinski definition) is 2. The normalized spacial score (nSPS) is 19.1. The first-order valence-corrected chi connectivity index (χ1v) is 11.4. The summed E-state index contributed by atoms with van der Waals surface area (Å²) in [5, 5.41) is 10.9. The lowest BCUT2D eigenvalue weighted by molar-refractivity contribution is 0.219. The Kier molecular flexibility index (Phi) is 5.47. The summed E-state index contributed by atoms with van der Waals surface area (Å²) in [6.07, 6.45) is 1.47. The first-order chi connectivity index (χ1) is 13.0. The Morgan fingerprint density at radius 1 is 0.929 bits per heavy atom. The van der Waals surface area contributed by atoms with Crippen molar-refractivity contribution in [2.75, 3.05) is 6.54 Å². The van der Waals surface area contributed by atoms with Gasteiger partial charge in [0.25, 0.3) is 0 Å². The maximum atomic E-state index is 12.1. The van der Waals surface area contributed by atoms with Crippen molar-refractivity contribution in [3.63, 3.8) is 0 Å². The van der Waals surface area contributed by atoms with Gasteiger partial charge in [-0.1, -0.05) is 65.0 Å². The summed E-state index contributed by atoms with van der Waals surface area (Å²) in [7, 11) is -3.49. The number of aliphatic hydroxyl groups excluding tert-OH is 1. The molecule has 0 saturated carbocycles. The van der Waals surface area contributed by atoms with Gasteiger partial charge in [-0.3, -0.25) is 0 Å². The average Bonchev–Trinajstić information content (AvgIpc) is 2.65. The standard InChI is InChI=1S/C23H31NO3S/c1-6-24-28(26,27)18-10-7-16(8-11-18)21(25)17-9-12-19-20(15-17)23(4,5)14-13-22(19,2)3/h7-12,15,21,24-25H,6,13-14H2,1-5H3. The fourth-order valence-electron chi connectivity index (χ4n) is 4.07. The maximum absolute atomic E-state index is 12.1. The molecule has 1 unspecified atom stereocenters. The van der Waals surface area contributed by atoms with E-state index in [0.717, 1.165) is 18.4 Å². The molecule has 3 rings (SSSR count). The number of rotatable bonds is 5. The van der Waals surface area contributed by atoms with Crippen molar-refractivity contribution in [2.45, 2.75) is 69.3 Å². The van der Waals surface area contributed by atoms with Gasteiger partial charge < -0.3 is 5.11 Å². The first-order valence-electron chi connectivity index (χ1n) is 9.90. The molecule has 0 heterocycles. The molecule has 1 atom stereocenters. The summed E-state index contributed by atoms with van der Waals surface area (Å²) in [6, 6.07) is 12.7. The van der Waals surface area contributed by atoms with Crippen LogP contribution in [-0.2, 0) is 20.9 Å². The highest BCUT2D eigenvalue weighted by Crippen LogP contribution is 2.46. The minimum Gasteiger partial charge on any atom is -0.384 e. The Morgan fingerprint density at radius 3 is 2.04 bits per heavy atom. The topological polar surface area (TPSA) is 66.4 Å². The molecule has 2 N–H and O–H groups in total. The first kappa shape index (κ1) is 21.0. The van der Waals surface area contributed by atoms with E-state index in [-0.39, 0.29) is 15.7 Å². The van der Waals surface area contributed by atoms with Crippen LogP contribution in [0.3, 0.4) is 0 Å². The second-order valence-corrected chi connectivity index (χ2v) is 10.8. The van der Waals surface area contributed by atoms with Crippen molar-refractivity contribution in [3.8, 4) is 0 Å². The second-order valence-electron chi connectivity index (χ2n) is 9.05. The van der Waals surface area contributed by atoms with Crippen LogP contribution in [-0.4, -0.2) is 20.1 Å². The van der Waals surface area contributed by atoms with Gasteiger partial charge in [0.2, 0.25) is 10.0 Å². The van der Waals surface area contributed by atoms with Gasteiger partial charge in [-0.25, -0.2) is 13.1 Å². The van der Waals surface area contributed by atoms with Gasteiger partial charge in [0.05, 0.1) is 4.90 Å². The number of benzene rings is 2. The van der Waals surface area contributed by atoms with Crippen LogP contribution in [0.25, 0.3) is 0 Å². The molecule has 2 aromatic rings. The molecule has 28 heavy (non-hydrogen) atoms. The van der Waals surface area contributed by atoms with Crippen LogP contribution in [0.1, 0.15) is 75.8 Å². The quantitative estimate of drug-likeness (QED) is 0.780. The lowest BCUT2D eigenvalue weighted by atomic mass is 9.63. The Balaban J connectivity index is 1.95. The molecular formula is C23H31NO3S. The van der Waals surface area contributed by atoms with Gasteiger partial charge in [-0.2, -0.15) is 0 Å². The van der Waals surface area contributed by atoms with E-state index in [2.05, 4.69) is 44.5 Å². The fourth-order valence-corrected chi connectivity index (χ4v) is 5.11. The molecule has 0 amide bonds. The molecular weight excluding hydrogens is 370 g/mol. The highest BCUT2D eigenvalue weighted by atomic mass is 32.2. The zero-order valence-corrected chi connectivity index (χ0v) is 18.2. The smallest absolute Gasteiger partial charge is 0.240 e. The molecule has 0 aliphatic heterocycles. The third-order valence-corrected chi connectivity index (χ3v) is 7.59. The van der Waals surface area contributed by atoms with Gasteiger partial charge in [-0.05, 0) is 58.1 Å². The lowest BCUT2D eigenvalue weighted by Crippen LogP contribution is -2.34. The molecule has 2 aromatic carbocycles. The van der Waals surface area contributed by atoms with Crippen molar-refractivity contribution < 1.29 is 13.5 Å². The van der Waals surface area contributed by atoms with E-state index in [1.54, 1.807) is 31.2 Å². The van der Waals surface area contributed by atoms with Crippen LogP contribution in [0.2, 0.25) is 0 Å². The Labute approximate surface area is 169 Å². The van der Waals surface area contributed by atoms with E-state index < -0.39 is 16.1 Å². The van der Waals surface area contributed by atoms with Crippen molar-refractivity contribution >= 4 is 10.0 Å². The second kappa shape index (κ2) is 7.29. The molecule has 5 heteroatoms. The minimum absolute atomic E-state index is 0.0738. The summed E-state index contributed by atoms with van der Waals surface area (Å²) in [4.78, 5) is 0.207. The Bertz CT molecular complexity index is 960. The summed E-state index contributed by atoms with van der Waals surface area (Å²) < 4.78 is 26.7. The Morgan fingerprint density at radius 2 is 1.46 bits per heavy atom. The van der Waals surface area contributed by atoms with Crippen LogP contribution in [0.15, 0.2) is 47.4 Å². The third-order valence-electron chi connectivity index (χ3n) is 6.03. The van der Waals surface area contributed by atoms with Crippen LogP contribution in [0, 0.1) is 0 Å². The summed E-state index contributed by atoms with van der Waals surface area (Å²) >= 11 is 0. The zero-order valence-electron chi connectivity index (χ0n) is 17.4. The zero-order chi connectivity index (χ0) is 20.7. The minimum atomic E-state index is -3.49. The maximum Gasteiger partial charge on any atom is 0.240 e. The van der Waals surface area contributed by atoms with Crippen molar-refractivity contribution in [1.29, 1.82) is 0 Å². The van der Waals surface area contributed by atoms with E-state index in [1.165, 1.54) is 11.1 Å². The molecule has 0 spiro atoms. The number of sulfonamides is 1. The highest BCUT2D eigenvalue weighted by molar-refractivity contribution is 7.89. The average molecular weight is 402 g/mol. The molecule has 0 bridgehead atoms. The molecule has 0 saturated heterocycles. The number of aliphatic hydroxyl groups is 1. The summed E-state index contributed by atoms with van der Waals surface area (Å²) in [5.41, 5.74) is 4.38. The Hall–Kier alpha value is -1.69. The van der Waals surface area contributed by atoms with Gasteiger partial charge in [0.15, 0.2) is 0 Å². The predicted octanol–water partition coefficient (Wildman–Crippen LogP) is 4.42. The van der Waals surface area contributed by atoms with Crippen LogP contribution in [0.5, 0.6) is 0 Å². The molecule has 1 aliphatic carbocycles. The molecule has 4 nitrogen and oxygen atoms in total. The van der Waals surface area contributed by atoms with Crippen LogP contribution < -0.4 is 4.72 Å². The molecule has 0 aromatic heterocycles. The number of fused-ring (bicyclic) bond motifs is 1. The van der Waals surface area contributed by atoms with E-state index in [0.29, 0.717) is 12.1 Å². The van der Waals surface area contributed by atoms with Gasteiger partial charge in [-0.15, -0.1) is 0 Å². The van der Waals surface area contributed by atoms with E-state index in [1.807, 2.05) is 6.07 Å². The SMILES string of the molecule is CCNS(=O)(=O)c1ccc(C(O)c2ccc3c(c2)C(C)(C)CCC3(C)C)cc1. The molecule has 0 fully saturated rings. The molecule has 1 aliphatic rings. The monoisotopic (exact) mass is 401 g/mol. The molecule has 0 radical (unpaired) electrons. The summed E-state index contributed by atoms with van der Waals surface area (Å²) in [6.45, 7) is 11.2. The van der Waals surface area contributed by atoms with Gasteiger partial charge in [0.1, 0.15) is 6.10 Å². The fraction of sp³-hybridized carbons (Fsp3) is 0.478. The van der Waals surface area contributed by atoms with Crippen molar-refractivity contribution in [3.05, 3.63) is 64.7 Å². The van der Waals surface area contributed by atoms with E-state index in [9.17, 15) is 13.5 Å². The largest absolute Gasteiger partial charge is 0.384 e. The summed E-state index contributed by atoms with van der Waals surface area (Å²) in [5.74, 6) is 0. The highest BCUT2D eigenvalue weighted by Gasteiger charge is 2.37. The van der Waals surface area contributed by atoms with Crippen LogP contribution in [0.4, 0.5) is 0 Å². The van der Waals surface area contributed by atoms with Gasteiger partial charge in [0, 0.05) is 6.54 Å². The van der Waals surface area contributed by atoms with E-state index in [4.69, 9.17) is 0 Å².